The van der Waals surface area contributed by atoms with Crippen LogP contribution in [-0.4, -0.2) is 65.5 Å². The summed E-state index contributed by atoms with van der Waals surface area (Å²) < 4.78 is 15.4. The van der Waals surface area contributed by atoms with E-state index >= 15 is 0 Å². The molecular formula is C25H26N2O9S2. The Hall–Kier alpha value is -3.84. The molecule has 38 heavy (non-hydrogen) atoms. The third-order valence-electron chi connectivity index (χ3n) is 4.72. The first-order chi connectivity index (χ1) is 18.1. The number of hydrogen-bond acceptors (Lipinski definition) is 11. The maximum absolute atomic E-state index is 13.0. The van der Waals surface area contributed by atoms with E-state index in [-0.39, 0.29) is 34.1 Å². The first-order valence-corrected chi connectivity index (χ1v) is 12.7. The maximum atomic E-state index is 13.0. The van der Waals surface area contributed by atoms with E-state index in [2.05, 4.69) is 28.0 Å². The van der Waals surface area contributed by atoms with Gasteiger partial charge < -0.3 is 24.8 Å². The van der Waals surface area contributed by atoms with E-state index in [0.717, 1.165) is 18.9 Å². The average Bonchev–Trinajstić information content (AvgIpc) is 2.89. The van der Waals surface area contributed by atoms with Gasteiger partial charge in [0.2, 0.25) is 16.9 Å². The molecule has 2 N–H and O–H groups in total. The van der Waals surface area contributed by atoms with Gasteiger partial charge in [0.25, 0.3) is 0 Å². The van der Waals surface area contributed by atoms with Crippen molar-refractivity contribution in [3.63, 3.8) is 0 Å². The normalized spacial score (nSPS) is 11.9. The van der Waals surface area contributed by atoms with E-state index in [1.807, 2.05) is 0 Å². The predicted octanol–water partition coefficient (Wildman–Crippen LogP) is 1.80. The quantitative estimate of drug-likeness (QED) is 0.210. The molecule has 2 atom stereocenters. The fourth-order valence-corrected chi connectivity index (χ4v) is 4.10. The smallest absolute Gasteiger partial charge is 0.347 e. The third kappa shape index (κ3) is 8.92. The van der Waals surface area contributed by atoms with Crippen molar-refractivity contribution in [2.75, 3.05) is 18.6 Å². The molecule has 2 amide bonds. The van der Waals surface area contributed by atoms with Gasteiger partial charge in [-0.2, -0.15) is 12.6 Å². The second-order valence-electron chi connectivity index (χ2n) is 7.61. The monoisotopic (exact) mass is 562 g/mol. The third-order valence-corrected chi connectivity index (χ3v) is 6.06. The number of para-hydroxylation sites is 2. The van der Waals surface area contributed by atoms with Crippen LogP contribution in [0.25, 0.3) is 0 Å². The minimum absolute atomic E-state index is 0.0308. The van der Waals surface area contributed by atoms with Crippen LogP contribution in [0, 0.1) is 0 Å². The number of ether oxygens (including phenoxy) is 3. The molecule has 0 aliphatic carbocycles. The van der Waals surface area contributed by atoms with Gasteiger partial charge in [0.05, 0.1) is 12.7 Å². The number of carbonyl (C=O) groups excluding carboxylic acids is 6. The minimum atomic E-state index is -1.05. The largest absolute Gasteiger partial charge is 0.467 e. The zero-order valence-electron chi connectivity index (χ0n) is 20.7. The molecule has 0 saturated heterocycles. The van der Waals surface area contributed by atoms with E-state index < -0.39 is 46.9 Å². The summed E-state index contributed by atoms with van der Waals surface area (Å²) >= 11 is 4.76. The highest BCUT2D eigenvalue weighted by atomic mass is 32.2. The number of esters is 3. The Morgan fingerprint density at radius 2 is 1.32 bits per heavy atom. The number of methoxy groups -OCH3 is 1. The number of hydrogen-bond donors (Lipinski definition) is 3. The van der Waals surface area contributed by atoms with Gasteiger partial charge in [-0.25, -0.2) is 14.4 Å². The maximum Gasteiger partial charge on any atom is 0.347 e. The summed E-state index contributed by atoms with van der Waals surface area (Å²) in [5.41, 5.74) is -0.0690. The fraction of sp³-hybridized carbons (Fsp3) is 0.280. The van der Waals surface area contributed by atoms with Gasteiger partial charge in [-0.3, -0.25) is 14.4 Å². The number of benzene rings is 2. The molecule has 0 aromatic heterocycles. The summed E-state index contributed by atoms with van der Waals surface area (Å²) in [6.07, 6.45) is 0. The van der Waals surface area contributed by atoms with E-state index in [1.54, 1.807) is 12.1 Å². The van der Waals surface area contributed by atoms with Crippen molar-refractivity contribution in [2.45, 2.75) is 25.9 Å². The lowest BCUT2D eigenvalue weighted by molar-refractivity contribution is -0.144. The lowest BCUT2D eigenvalue weighted by Gasteiger charge is -2.16. The second-order valence-corrected chi connectivity index (χ2v) is 8.97. The minimum Gasteiger partial charge on any atom is -0.467 e. The second kappa shape index (κ2) is 14.8. The summed E-state index contributed by atoms with van der Waals surface area (Å²) in [6, 6.07) is 9.66. The van der Waals surface area contributed by atoms with Gasteiger partial charge in [0, 0.05) is 25.4 Å². The Labute approximate surface area is 228 Å². The molecule has 0 heterocycles. The first-order valence-electron chi connectivity index (χ1n) is 11.1. The van der Waals surface area contributed by atoms with Gasteiger partial charge in [0.15, 0.2) is 0 Å². The van der Waals surface area contributed by atoms with Crippen LogP contribution in [-0.2, 0) is 23.9 Å². The highest BCUT2D eigenvalue weighted by Gasteiger charge is 2.26. The lowest BCUT2D eigenvalue weighted by Crippen LogP contribution is -2.43. The summed E-state index contributed by atoms with van der Waals surface area (Å²) in [5, 5.41) is 4.28. The van der Waals surface area contributed by atoms with Gasteiger partial charge in [-0.1, -0.05) is 36.0 Å². The van der Waals surface area contributed by atoms with Crippen molar-refractivity contribution in [1.29, 1.82) is 0 Å². The molecule has 2 aromatic rings. The Kier molecular flexibility index (Phi) is 11.8. The summed E-state index contributed by atoms with van der Waals surface area (Å²) in [6.45, 7) is 2.46. The Morgan fingerprint density at radius 3 is 1.87 bits per heavy atom. The van der Waals surface area contributed by atoms with Crippen LogP contribution in [0.5, 0.6) is 11.5 Å². The lowest BCUT2D eigenvalue weighted by atomic mass is 10.2. The molecule has 13 heteroatoms. The predicted molar refractivity (Wildman–Crippen MR) is 141 cm³/mol. The number of amides is 2. The van der Waals surface area contributed by atoms with Crippen molar-refractivity contribution in [3.05, 3.63) is 59.7 Å². The van der Waals surface area contributed by atoms with Crippen LogP contribution in [0.2, 0.25) is 0 Å². The highest BCUT2D eigenvalue weighted by molar-refractivity contribution is 8.14. The van der Waals surface area contributed by atoms with Gasteiger partial charge >= 0.3 is 17.9 Å². The highest BCUT2D eigenvalue weighted by Crippen LogP contribution is 2.27. The molecule has 0 spiro atoms. The van der Waals surface area contributed by atoms with Crippen molar-refractivity contribution in [2.24, 2.45) is 0 Å². The zero-order valence-corrected chi connectivity index (χ0v) is 22.4. The van der Waals surface area contributed by atoms with Crippen LogP contribution in [0.3, 0.4) is 0 Å². The molecule has 0 radical (unpaired) electrons. The van der Waals surface area contributed by atoms with E-state index in [1.165, 1.54) is 50.2 Å². The molecule has 2 rings (SSSR count). The van der Waals surface area contributed by atoms with Crippen LogP contribution in [0.15, 0.2) is 48.5 Å². The molecular weight excluding hydrogens is 536 g/mol. The van der Waals surface area contributed by atoms with Crippen molar-refractivity contribution < 1.29 is 43.0 Å². The number of rotatable bonds is 11. The number of thioether (sulfide) groups is 1. The van der Waals surface area contributed by atoms with E-state index in [9.17, 15) is 28.8 Å². The molecule has 0 bridgehead atoms. The summed E-state index contributed by atoms with van der Waals surface area (Å²) in [4.78, 5) is 72.9. The van der Waals surface area contributed by atoms with E-state index in [4.69, 9.17) is 9.47 Å². The molecule has 202 valence electrons. The van der Waals surface area contributed by atoms with Crippen LogP contribution in [0.4, 0.5) is 0 Å². The molecule has 0 fully saturated rings. The van der Waals surface area contributed by atoms with Gasteiger partial charge in [-0.05, 0) is 24.3 Å². The van der Waals surface area contributed by atoms with Crippen LogP contribution >= 0.6 is 24.4 Å². The molecule has 0 aliphatic rings. The van der Waals surface area contributed by atoms with Gasteiger partial charge in [-0.15, -0.1) is 0 Å². The van der Waals surface area contributed by atoms with E-state index in [0.29, 0.717) is 0 Å². The summed E-state index contributed by atoms with van der Waals surface area (Å²) in [5.74, 6) is -3.73. The zero-order chi connectivity index (χ0) is 28.2. The average molecular weight is 563 g/mol. The van der Waals surface area contributed by atoms with Crippen LogP contribution in [0.1, 0.15) is 34.6 Å². The van der Waals surface area contributed by atoms with Crippen molar-refractivity contribution in [3.8, 4) is 11.5 Å². The first kappa shape index (κ1) is 30.4. The number of nitrogens with one attached hydrogen (secondary N) is 2. The Morgan fingerprint density at radius 1 is 0.789 bits per heavy atom. The molecule has 0 aliphatic heterocycles. The number of thiol groups is 1. The number of carbonyl (C=O) groups is 6. The topological polar surface area (TPSA) is 154 Å². The molecule has 2 aromatic carbocycles. The van der Waals surface area contributed by atoms with Crippen LogP contribution < -0.4 is 20.1 Å². The summed E-state index contributed by atoms with van der Waals surface area (Å²) in [7, 11) is 1.16. The Bertz CT molecular complexity index is 1220. The SMILES string of the molecule is COC(=O)C(CSC(=O)c1ccccc1OC(=O)c1ccccc1OC(=O)C(CS)NC(C)=O)NC(C)=O. The Balaban J connectivity index is 2.20. The van der Waals surface area contributed by atoms with Gasteiger partial charge in [0.1, 0.15) is 29.1 Å². The standard InChI is InChI=1S/C25H26N2O9S2/c1-14(28)26-18(12-37)24(32)36-20-10-6-4-8-16(20)22(30)35-21-11-7-5-9-17(21)25(33)38-13-19(23(31)34-3)27-15(2)29/h4-11,18-19,37H,12-13H2,1-3H3,(H,26,28)(H,27,29). The van der Waals surface area contributed by atoms with Crippen molar-refractivity contribution in [1.82, 2.24) is 10.6 Å². The molecule has 11 nitrogen and oxygen atoms in total. The molecule has 0 saturated carbocycles. The van der Waals surface area contributed by atoms with Crippen molar-refractivity contribution >= 4 is 59.2 Å². The fourth-order valence-electron chi connectivity index (χ4n) is 3.00. The molecule has 2 unspecified atom stereocenters.